The van der Waals surface area contributed by atoms with E-state index in [1.165, 1.54) is 12.8 Å². The van der Waals surface area contributed by atoms with Crippen molar-refractivity contribution in [2.75, 3.05) is 11.9 Å². The van der Waals surface area contributed by atoms with Gasteiger partial charge in [-0.2, -0.15) is 0 Å². The smallest absolute Gasteiger partial charge is 0.238 e. The molecule has 0 aliphatic heterocycles. The molecule has 2 aromatic rings. The molecule has 0 bridgehead atoms. The molecule has 0 atom stereocenters. The third kappa shape index (κ3) is 3.17. The Hall–Kier alpha value is -2.21. The Morgan fingerprint density at radius 2 is 2.11 bits per heavy atom. The molecule has 1 amide bonds. The van der Waals surface area contributed by atoms with E-state index in [0.717, 1.165) is 11.4 Å². The van der Waals surface area contributed by atoms with Crippen LogP contribution in [0.4, 0.5) is 5.69 Å². The van der Waals surface area contributed by atoms with Gasteiger partial charge in [-0.25, -0.2) is 0 Å². The summed E-state index contributed by atoms with van der Waals surface area (Å²) in [5, 5.41) is 13.6. The molecule has 1 aromatic carbocycles. The Labute approximate surface area is 110 Å². The van der Waals surface area contributed by atoms with E-state index in [1.807, 2.05) is 24.3 Å². The first-order valence-electron chi connectivity index (χ1n) is 6.29. The number of rotatable bonds is 5. The molecule has 1 aliphatic rings. The fourth-order valence-corrected chi connectivity index (χ4v) is 1.81. The van der Waals surface area contributed by atoms with Crippen LogP contribution in [0.3, 0.4) is 0 Å². The molecule has 0 saturated heterocycles. The first kappa shape index (κ1) is 11.9. The molecule has 1 aliphatic carbocycles. The van der Waals surface area contributed by atoms with E-state index < -0.39 is 0 Å². The van der Waals surface area contributed by atoms with Crippen LogP contribution in [-0.4, -0.2) is 33.3 Å². The van der Waals surface area contributed by atoms with E-state index in [1.54, 1.807) is 17.2 Å². The average Bonchev–Trinajstić information content (AvgIpc) is 3.09. The molecule has 3 rings (SSSR count). The number of nitrogens with one attached hydrogen (secondary N) is 2. The van der Waals surface area contributed by atoms with Crippen molar-refractivity contribution in [1.82, 2.24) is 20.1 Å². The Balaban J connectivity index is 1.63. The number of benzene rings is 1. The number of amides is 1. The second kappa shape index (κ2) is 5.19. The lowest BCUT2D eigenvalue weighted by Gasteiger charge is -2.08. The highest BCUT2D eigenvalue weighted by atomic mass is 16.1. The first-order chi connectivity index (χ1) is 9.31. The van der Waals surface area contributed by atoms with Gasteiger partial charge in [-0.1, -0.05) is 6.07 Å². The summed E-state index contributed by atoms with van der Waals surface area (Å²) in [5.74, 6) is -0.0205. The van der Waals surface area contributed by atoms with Crippen molar-refractivity contribution in [2.24, 2.45) is 0 Å². The number of anilines is 1. The zero-order valence-electron chi connectivity index (χ0n) is 10.4. The number of nitrogens with zero attached hydrogens (tertiary/aromatic N) is 3. The van der Waals surface area contributed by atoms with Crippen LogP contribution in [0.15, 0.2) is 36.9 Å². The number of carbonyl (C=O) groups is 1. The molecule has 1 fully saturated rings. The van der Waals surface area contributed by atoms with E-state index >= 15 is 0 Å². The second-order valence-electron chi connectivity index (χ2n) is 4.62. The summed E-state index contributed by atoms with van der Waals surface area (Å²) in [5.41, 5.74) is 1.69. The predicted octanol–water partition coefficient (Wildman–Crippen LogP) is 0.958. The first-order valence-corrected chi connectivity index (χ1v) is 6.29. The quantitative estimate of drug-likeness (QED) is 0.836. The molecule has 19 heavy (non-hydrogen) atoms. The lowest BCUT2D eigenvalue weighted by molar-refractivity contribution is -0.115. The van der Waals surface area contributed by atoms with Crippen LogP contribution in [0.1, 0.15) is 12.8 Å². The van der Waals surface area contributed by atoms with E-state index in [9.17, 15) is 4.79 Å². The summed E-state index contributed by atoms with van der Waals surface area (Å²) in [4.78, 5) is 11.7. The highest BCUT2D eigenvalue weighted by Crippen LogP contribution is 2.18. The molecule has 6 heteroatoms. The maximum atomic E-state index is 11.7. The summed E-state index contributed by atoms with van der Waals surface area (Å²) < 4.78 is 1.79. The van der Waals surface area contributed by atoms with E-state index in [0.29, 0.717) is 12.6 Å². The van der Waals surface area contributed by atoms with Crippen LogP contribution >= 0.6 is 0 Å². The fourth-order valence-electron chi connectivity index (χ4n) is 1.81. The Bertz CT molecular complexity index is 562. The van der Waals surface area contributed by atoms with Gasteiger partial charge < -0.3 is 10.6 Å². The molecular weight excluding hydrogens is 242 g/mol. The minimum absolute atomic E-state index is 0.0205. The van der Waals surface area contributed by atoms with Gasteiger partial charge in [0.15, 0.2) is 0 Å². The van der Waals surface area contributed by atoms with Gasteiger partial charge in [0.25, 0.3) is 0 Å². The van der Waals surface area contributed by atoms with Gasteiger partial charge in [0.1, 0.15) is 12.7 Å². The van der Waals surface area contributed by atoms with E-state index in [-0.39, 0.29) is 5.91 Å². The second-order valence-corrected chi connectivity index (χ2v) is 4.62. The monoisotopic (exact) mass is 257 g/mol. The molecule has 1 saturated carbocycles. The molecule has 0 unspecified atom stereocenters. The zero-order chi connectivity index (χ0) is 13.1. The van der Waals surface area contributed by atoms with Crippen LogP contribution in [0.2, 0.25) is 0 Å². The normalized spacial score (nSPS) is 14.3. The van der Waals surface area contributed by atoms with Crippen molar-refractivity contribution in [1.29, 1.82) is 0 Å². The van der Waals surface area contributed by atoms with Crippen molar-refractivity contribution < 1.29 is 4.79 Å². The SMILES string of the molecule is O=C(CNC1CC1)Nc1cccc(-n2cnnc2)c1. The number of aromatic nitrogens is 3. The van der Waals surface area contributed by atoms with E-state index in [2.05, 4.69) is 20.8 Å². The minimum Gasteiger partial charge on any atom is -0.325 e. The highest BCUT2D eigenvalue weighted by Gasteiger charge is 2.21. The summed E-state index contributed by atoms with van der Waals surface area (Å²) in [6.07, 6.45) is 5.60. The lowest BCUT2D eigenvalue weighted by Crippen LogP contribution is -2.29. The van der Waals surface area contributed by atoms with Crippen molar-refractivity contribution in [3.05, 3.63) is 36.9 Å². The fraction of sp³-hybridized carbons (Fsp3) is 0.308. The third-order valence-electron chi connectivity index (χ3n) is 2.98. The minimum atomic E-state index is -0.0205. The summed E-state index contributed by atoms with van der Waals surface area (Å²) in [7, 11) is 0. The van der Waals surface area contributed by atoms with Crippen LogP contribution in [-0.2, 0) is 4.79 Å². The molecule has 2 N–H and O–H groups in total. The van der Waals surface area contributed by atoms with Gasteiger partial charge in [0, 0.05) is 11.7 Å². The lowest BCUT2D eigenvalue weighted by atomic mass is 10.2. The maximum Gasteiger partial charge on any atom is 0.238 e. The molecule has 1 aromatic heterocycles. The van der Waals surface area contributed by atoms with Gasteiger partial charge in [0.05, 0.1) is 12.2 Å². The topological polar surface area (TPSA) is 71.8 Å². The van der Waals surface area contributed by atoms with Crippen molar-refractivity contribution >= 4 is 11.6 Å². The van der Waals surface area contributed by atoms with Gasteiger partial charge in [0.2, 0.25) is 5.91 Å². The Morgan fingerprint density at radius 1 is 1.32 bits per heavy atom. The van der Waals surface area contributed by atoms with E-state index in [4.69, 9.17) is 0 Å². The van der Waals surface area contributed by atoms with Gasteiger partial charge in [-0.3, -0.25) is 9.36 Å². The largest absolute Gasteiger partial charge is 0.325 e. The molecular formula is C13H15N5O. The van der Waals surface area contributed by atoms with Crippen LogP contribution in [0.25, 0.3) is 5.69 Å². The number of hydrogen-bond donors (Lipinski definition) is 2. The summed E-state index contributed by atoms with van der Waals surface area (Å²) >= 11 is 0. The van der Waals surface area contributed by atoms with Crippen molar-refractivity contribution in [2.45, 2.75) is 18.9 Å². The standard InChI is InChI=1S/C13H15N5O/c19-13(7-14-10-4-5-10)17-11-2-1-3-12(6-11)18-8-15-16-9-18/h1-3,6,8-10,14H,4-5,7H2,(H,17,19). The molecule has 1 heterocycles. The summed E-state index contributed by atoms with van der Waals surface area (Å²) in [6, 6.07) is 8.11. The van der Waals surface area contributed by atoms with Crippen molar-refractivity contribution in [3.8, 4) is 5.69 Å². The van der Waals surface area contributed by atoms with Crippen molar-refractivity contribution in [3.63, 3.8) is 0 Å². The van der Waals surface area contributed by atoms with Gasteiger partial charge in [-0.05, 0) is 31.0 Å². The number of carbonyl (C=O) groups excluding carboxylic acids is 1. The molecule has 0 spiro atoms. The number of hydrogen-bond acceptors (Lipinski definition) is 4. The van der Waals surface area contributed by atoms with Crippen LogP contribution < -0.4 is 10.6 Å². The molecule has 98 valence electrons. The van der Waals surface area contributed by atoms with Gasteiger partial charge >= 0.3 is 0 Å². The van der Waals surface area contributed by atoms with Crippen LogP contribution in [0, 0.1) is 0 Å². The zero-order valence-corrected chi connectivity index (χ0v) is 10.4. The van der Waals surface area contributed by atoms with Crippen LogP contribution in [0.5, 0.6) is 0 Å². The Kier molecular flexibility index (Phi) is 3.24. The average molecular weight is 257 g/mol. The predicted molar refractivity (Wildman–Crippen MR) is 71.0 cm³/mol. The summed E-state index contributed by atoms with van der Waals surface area (Å²) in [6.45, 7) is 0.363. The third-order valence-corrected chi connectivity index (χ3v) is 2.98. The molecule has 0 radical (unpaired) electrons. The molecule has 6 nitrogen and oxygen atoms in total. The Morgan fingerprint density at radius 3 is 2.84 bits per heavy atom. The highest BCUT2D eigenvalue weighted by molar-refractivity contribution is 5.92. The maximum absolute atomic E-state index is 11.7. The van der Waals surface area contributed by atoms with Gasteiger partial charge in [-0.15, -0.1) is 10.2 Å².